The van der Waals surface area contributed by atoms with Crippen molar-refractivity contribution >= 4 is 39.5 Å². The summed E-state index contributed by atoms with van der Waals surface area (Å²) in [7, 11) is 3.71. The molecule has 0 aliphatic carbocycles. The van der Waals surface area contributed by atoms with E-state index in [9.17, 15) is 9.59 Å². The Morgan fingerprint density at radius 2 is 1.94 bits per heavy atom. The van der Waals surface area contributed by atoms with E-state index in [-0.39, 0.29) is 5.91 Å². The highest BCUT2D eigenvalue weighted by molar-refractivity contribution is 7.13. The molecule has 172 valence electrons. The molecule has 0 saturated heterocycles. The predicted molar refractivity (Wildman–Crippen MR) is 135 cm³/mol. The van der Waals surface area contributed by atoms with Crippen LogP contribution in [0.15, 0.2) is 42.6 Å². The van der Waals surface area contributed by atoms with Gasteiger partial charge < -0.3 is 20.3 Å². The van der Waals surface area contributed by atoms with Crippen LogP contribution < -0.4 is 15.5 Å². The fourth-order valence-electron chi connectivity index (χ4n) is 3.37. The SMILES string of the molecule is CCC(=O)N(C)c1cc(C)c(CCNCCNC)cc1CC=O.c1ccc2sncc2c1. The zero-order chi connectivity index (χ0) is 23.3. The number of aryl methyl sites for hydroxylation is 1. The van der Waals surface area contributed by atoms with E-state index in [0.717, 1.165) is 49.2 Å². The van der Waals surface area contributed by atoms with Crippen molar-refractivity contribution in [3.05, 3.63) is 59.3 Å². The molecule has 2 N–H and O–H groups in total. The van der Waals surface area contributed by atoms with Crippen LogP contribution >= 0.6 is 11.5 Å². The average Bonchev–Trinajstić information content (AvgIpc) is 3.29. The van der Waals surface area contributed by atoms with Crippen LogP contribution in [0, 0.1) is 6.92 Å². The van der Waals surface area contributed by atoms with Crippen LogP contribution in [0.4, 0.5) is 5.69 Å². The lowest BCUT2D eigenvalue weighted by Gasteiger charge is -2.22. The first-order valence-corrected chi connectivity index (χ1v) is 11.8. The van der Waals surface area contributed by atoms with Crippen LogP contribution in [0.5, 0.6) is 0 Å². The van der Waals surface area contributed by atoms with E-state index >= 15 is 0 Å². The number of carbonyl (C=O) groups is 2. The van der Waals surface area contributed by atoms with Gasteiger partial charge in [-0.15, -0.1) is 0 Å². The largest absolute Gasteiger partial charge is 0.318 e. The highest BCUT2D eigenvalue weighted by Crippen LogP contribution is 2.25. The van der Waals surface area contributed by atoms with Crippen LogP contribution in [-0.4, -0.2) is 50.3 Å². The summed E-state index contributed by atoms with van der Waals surface area (Å²) >= 11 is 1.54. The summed E-state index contributed by atoms with van der Waals surface area (Å²) in [4.78, 5) is 24.6. The van der Waals surface area contributed by atoms with Crippen molar-refractivity contribution in [2.75, 3.05) is 38.6 Å². The molecule has 1 heterocycles. The van der Waals surface area contributed by atoms with Crippen molar-refractivity contribution in [1.29, 1.82) is 0 Å². The molecule has 1 amide bonds. The molecular formula is C25H34N4O2S. The quantitative estimate of drug-likeness (QED) is 0.360. The van der Waals surface area contributed by atoms with Crippen molar-refractivity contribution < 1.29 is 9.59 Å². The lowest BCUT2D eigenvalue weighted by atomic mass is 9.98. The predicted octanol–water partition coefficient (Wildman–Crippen LogP) is 3.76. The molecule has 6 nitrogen and oxygen atoms in total. The Labute approximate surface area is 195 Å². The third kappa shape index (κ3) is 7.51. The summed E-state index contributed by atoms with van der Waals surface area (Å²) < 4.78 is 5.30. The first-order valence-electron chi connectivity index (χ1n) is 11.0. The molecule has 1 aromatic heterocycles. The third-order valence-corrected chi connectivity index (χ3v) is 6.04. The summed E-state index contributed by atoms with van der Waals surface area (Å²) in [5, 5.41) is 7.72. The van der Waals surface area contributed by atoms with Crippen LogP contribution in [-0.2, 0) is 22.4 Å². The number of nitrogens with one attached hydrogen (secondary N) is 2. The third-order valence-electron chi connectivity index (χ3n) is 5.26. The number of rotatable bonds is 10. The smallest absolute Gasteiger partial charge is 0.226 e. The Bertz CT molecular complexity index is 973. The molecule has 0 saturated carbocycles. The highest BCUT2D eigenvalue weighted by atomic mass is 32.1. The molecule has 32 heavy (non-hydrogen) atoms. The molecule has 0 fully saturated rings. The maximum atomic E-state index is 12.0. The van der Waals surface area contributed by atoms with Crippen molar-refractivity contribution in [3.63, 3.8) is 0 Å². The van der Waals surface area contributed by atoms with E-state index in [0.29, 0.717) is 12.8 Å². The minimum absolute atomic E-state index is 0.0537. The van der Waals surface area contributed by atoms with Crippen LogP contribution in [0.1, 0.15) is 30.0 Å². The summed E-state index contributed by atoms with van der Waals surface area (Å²) in [6.45, 7) is 6.67. The first-order chi connectivity index (χ1) is 15.5. The van der Waals surface area contributed by atoms with Gasteiger partial charge in [-0.05, 0) is 67.3 Å². The van der Waals surface area contributed by atoms with Gasteiger partial charge >= 0.3 is 0 Å². The molecule has 0 bridgehead atoms. The number of aromatic nitrogens is 1. The van der Waals surface area contributed by atoms with Crippen LogP contribution in [0.25, 0.3) is 10.1 Å². The molecule has 0 aliphatic rings. The zero-order valence-electron chi connectivity index (χ0n) is 19.5. The van der Waals surface area contributed by atoms with Gasteiger partial charge in [-0.3, -0.25) is 4.79 Å². The van der Waals surface area contributed by atoms with Gasteiger partial charge in [0, 0.05) is 50.2 Å². The van der Waals surface area contributed by atoms with Crippen molar-refractivity contribution in [3.8, 4) is 0 Å². The summed E-state index contributed by atoms with van der Waals surface area (Å²) in [5.74, 6) is 0.0537. The fraction of sp³-hybridized carbons (Fsp3) is 0.400. The molecular weight excluding hydrogens is 420 g/mol. The molecule has 3 aromatic rings. The van der Waals surface area contributed by atoms with Crippen LogP contribution in [0.3, 0.4) is 0 Å². The van der Waals surface area contributed by atoms with E-state index in [2.05, 4.69) is 40.1 Å². The monoisotopic (exact) mass is 454 g/mol. The molecule has 0 spiro atoms. The number of anilines is 1. The van der Waals surface area contributed by atoms with Crippen molar-refractivity contribution in [2.45, 2.75) is 33.1 Å². The minimum atomic E-state index is 0.0537. The van der Waals surface area contributed by atoms with Crippen molar-refractivity contribution in [1.82, 2.24) is 15.0 Å². The normalized spacial score (nSPS) is 10.5. The number of likely N-dealkylation sites (N-methyl/N-ethyl adjacent to an activating group) is 1. The number of nitrogens with zero attached hydrogens (tertiary/aromatic N) is 2. The molecule has 0 radical (unpaired) electrons. The van der Waals surface area contributed by atoms with Gasteiger partial charge in [-0.2, -0.15) is 4.37 Å². The Hall–Kier alpha value is -2.61. The van der Waals surface area contributed by atoms with Gasteiger partial charge in [0.05, 0.1) is 4.70 Å². The summed E-state index contributed by atoms with van der Waals surface area (Å²) in [6, 6.07) is 12.3. The standard InChI is InChI=1S/C18H29N3O2.C7H5NS/c1-5-18(23)21(4)17-12-14(2)15(13-16(17)7-11-22)6-8-20-10-9-19-3;1-2-4-7-6(3-1)5-8-9-7/h11-13,19-20H,5-10H2,1-4H3;1-5H. The zero-order valence-corrected chi connectivity index (χ0v) is 20.3. The lowest BCUT2D eigenvalue weighted by molar-refractivity contribution is -0.118. The first kappa shape index (κ1) is 25.6. The molecule has 0 unspecified atom stereocenters. The molecule has 0 atom stereocenters. The fourth-order valence-corrected chi connectivity index (χ4v) is 4.01. The summed E-state index contributed by atoms with van der Waals surface area (Å²) in [6.07, 6.45) is 4.48. The van der Waals surface area contributed by atoms with E-state index in [1.165, 1.54) is 27.2 Å². The molecule has 2 aromatic carbocycles. The van der Waals surface area contributed by atoms with Gasteiger partial charge in [-0.1, -0.05) is 31.2 Å². The molecule has 3 rings (SSSR count). The topological polar surface area (TPSA) is 74.3 Å². The number of amides is 1. The number of hydrogen-bond donors (Lipinski definition) is 2. The van der Waals surface area contributed by atoms with E-state index in [4.69, 9.17) is 0 Å². The van der Waals surface area contributed by atoms with Gasteiger partial charge in [0.25, 0.3) is 0 Å². The summed E-state index contributed by atoms with van der Waals surface area (Å²) in [5.41, 5.74) is 4.13. The van der Waals surface area contributed by atoms with E-state index < -0.39 is 0 Å². The number of hydrogen-bond acceptors (Lipinski definition) is 6. The second-order valence-electron chi connectivity index (χ2n) is 7.55. The van der Waals surface area contributed by atoms with Gasteiger partial charge in [-0.25, -0.2) is 0 Å². The van der Waals surface area contributed by atoms with E-state index in [1.807, 2.05) is 38.4 Å². The number of benzene rings is 2. The molecule has 0 aliphatic heterocycles. The van der Waals surface area contributed by atoms with Gasteiger partial charge in [0.1, 0.15) is 6.29 Å². The highest BCUT2D eigenvalue weighted by Gasteiger charge is 2.15. The maximum absolute atomic E-state index is 12.0. The maximum Gasteiger partial charge on any atom is 0.226 e. The number of fused-ring (bicyclic) bond motifs is 1. The number of aldehydes is 1. The Kier molecular flexibility index (Phi) is 11.0. The van der Waals surface area contributed by atoms with Crippen molar-refractivity contribution in [2.24, 2.45) is 0 Å². The Morgan fingerprint density at radius 1 is 1.16 bits per heavy atom. The van der Waals surface area contributed by atoms with Gasteiger partial charge in [0.15, 0.2) is 0 Å². The Morgan fingerprint density at radius 3 is 2.62 bits per heavy atom. The van der Waals surface area contributed by atoms with E-state index in [1.54, 1.807) is 11.9 Å². The second kappa shape index (κ2) is 13.7. The van der Waals surface area contributed by atoms with Crippen LogP contribution in [0.2, 0.25) is 0 Å². The Balaban J connectivity index is 0.000000329. The number of carbonyl (C=O) groups excluding carboxylic acids is 2. The molecule has 7 heteroatoms. The van der Waals surface area contributed by atoms with Gasteiger partial charge in [0.2, 0.25) is 5.91 Å². The minimum Gasteiger partial charge on any atom is -0.318 e. The lowest BCUT2D eigenvalue weighted by Crippen LogP contribution is -2.27. The second-order valence-corrected chi connectivity index (χ2v) is 8.38. The average molecular weight is 455 g/mol.